The van der Waals surface area contributed by atoms with Crippen molar-refractivity contribution < 1.29 is 14.8 Å². The third-order valence-electron chi connectivity index (χ3n) is 4.65. The number of amides is 1. The van der Waals surface area contributed by atoms with Gasteiger partial charge in [-0.15, -0.1) is 0 Å². The van der Waals surface area contributed by atoms with Gasteiger partial charge in [-0.3, -0.25) is 9.78 Å². The van der Waals surface area contributed by atoms with Crippen LogP contribution in [0.5, 0.6) is 0 Å². The number of nitrogens with zero attached hydrogens (tertiary/aromatic N) is 2. The van der Waals surface area contributed by atoms with E-state index in [-0.39, 0.29) is 5.91 Å². The van der Waals surface area contributed by atoms with Gasteiger partial charge in [-0.25, -0.2) is 0 Å². The SMILES string of the molecule is CC.CC(=O)NC(Cc1ccccc1)B(O)O.CCCc1cccc(C)c1.N#CCc1ccccn1. The van der Waals surface area contributed by atoms with Crippen LogP contribution in [0.2, 0.25) is 0 Å². The van der Waals surface area contributed by atoms with Crippen molar-refractivity contribution in [3.63, 3.8) is 0 Å². The van der Waals surface area contributed by atoms with Crippen molar-refractivity contribution in [1.29, 1.82) is 5.26 Å². The Hall–Kier alpha value is -3.47. The van der Waals surface area contributed by atoms with Crippen LogP contribution in [0, 0.1) is 18.3 Å². The van der Waals surface area contributed by atoms with Crippen molar-refractivity contribution >= 4 is 13.0 Å². The molecule has 192 valence electrons. The molecule has 0 radical (unpaired) electrons. The van der Waals surface area contributed by atoms with Gasteiger partial charge in [0.1, 0.15) is 0 Å². The number of aromatic nitrogens is 1. The van der Waals surface area contributed by atoms with Crippen molar-refractivity contribution in [2.45, 2.75) is 66.2 Å². The second kappa shape index (κ2) is 20.9. The van der Waals surface area contributed by atoms with E-state index in [1.165, 1.54) is 30.9 Å². The van der Waals surface area contributed by atoms with Gasteiger partial charge in [0.05, 0.1) is 24.1 Å². The third kappa shape index (κ3) is 16.2. The van der Waals surface area contributed by atoms with E-state index in [1.807, 2.05) is 68.4 Å². The standard InChI is InChI=1S/C10H14BNO3.C10H14.C7H6N2.C2H6/c1-8(13)12-10(11(14)15)7-9-5-3-2-4-6-9;1-3-5-10-7-4-6-9(2)8-10;8-5-4-7-3-1-2-6-9-7;1-2/h2-6,10,14-15H,7H2,1H3,(H,12,13);4,6-8H,3,5H2,1-2H3;1-3,6H,4H2;1-2H3. The number of nitrogens with one attached hydrogen (secondary N) is 1. The fraction of sp³-hybridized carbons (Fsp3) is 0.345. The monoisotopic (exact) mass is 489 g/mol. The van der Waals surface area contributed by atoms with Crippen LogP contribution >= 0.6 is 0 Å². The van der Waals surface area contributed by atoms with Crippen LogP contribution in [-0.4, -0.2) is 34.0 Å². The first-order valence-corrected chi connectivity index (χ1v) is 12.3. The van der Waals surface area contributed by atoms with Crippen molar-refractivity contribution in [2.24, 2.45) is 0 Å². The summed E-state index contributed by atoms with van der Waals surface area (Å²) >= 11 is 0. The topological polar surface area (TPSA) is 106 Å². The van der Waals surface area contributed by atoms with Gasteiger partial charge < -0.3 is 15.4 Å². The lowest BCUT2D eigenvalue weighted by molar-refractivity contribution is -0.119. The summed E-state index contributed by atoms with van der Waals surface area (Å²) in [7, 11) is -1.55. The molecule has 36 heavy (non-hydrogen) atoms. The Morgan fingerprint density at radius 3 is 2.17 bits per heavy atom. The highest BCUT2D eigenvalue weighted by Gasteiger charge is 2.24. The van der Waals surface area contributed by atoms with Crippen LogP contribution in [0.4, 0.5) is 0 Å². The molecule has 1 amide bonds. The summed E-state index contributed by atoms with van der Waals surface area (Å²) in [5, 5.41) is 28.8. The van der Waals surface area contributed by atoms with Gasteiger partial charge in [0.15, 0.2) is 0 Å². The van der Waals surface area contributed by atoms with Crippen LogP contribution in [0.25, 0.3) is 0 Å². The lowest BCUT2D eigenvalue weighted by Gasteiger charge is -2.16. The molecule has 2 aromatic carbocycles. The molecule has 0 aliphatic heterocycles. The lowest BCUT2D eigenvalue weighted by atomic mass is 9.76. The molecule has 1 heterocycles. The van der Waals surface area contributed by atoms with Crippen LogP contribution in [0.3, 0.4) is 0 Å². The number of hydrogen-bond acceptors (Lipinski definition) is 5. The molecule has 6 nitrogen and oxygen atoms in total. The molecule has 1 aromatic heterocycles. The Morgan fingerprint density at radius 2 is 1.67 bits per heavy atom. The van der Waals surface area contributed by atoms with Crippen molar-refractivity contribution in [3.05, 3.63) is 101 Å². The number of nitriles is 1. The van der Waals surface area contributed by atoms with Gasteiger partial charge >= 0.3 is 7.12 Å². The highest BCUT2D eigenvalue weighted by Crippen LogP contribution is 2.06. The maximum atomic E-state index is 10.8. The molecule has 1 atom stereocenters. The van der Waals surface area contributed by atoms with E-state index in [1.54, 1.807) is 6.20 Å². The summed E-state index contributed by atoms with van der Waals surface area (Å²) in [6.07, 6.45) is 4.94. The van der Waals surface area contributed by atoms with Crippen LogP contribution in [-0.2, 0) is 24.1 Å². The molecule has 0 fully saturated rings. The minimum atomic E-state index is -1.55. The number of carbonyl (C=O) groups is 1. The Balaban J connectivity index is 0.000000512. The molecule has 3 rings (SSSR count). The summed E-state index contributed by atoms with van der Waals surface area (Å²) in [6.45, 7) is 9.70. The van der Waals surface area contributed by atoms with E-state index >= 15 is 0 Å². The number of pyridine rings is 1. The molecular formula is C29H40BN3O3. The molecule has 1 unspecified atom stereocenters. The van der Waals surface area contributed by atoms with Gasteiger partial charge in [-0.1, -0.05) is 93.4 Å². The first-order valence-electron chi connectivity index (χ1n) is 12.3. The molecular weight excluding hydrogens is 449 g/mol. The number of carbonyl (C=O) groups excluding carboxylic acids is 1. The van der Waals surface area contributed by atoms with E-state index in [0.717, 1.165) is 11.3 Å². The van der Waals surface area contributed by atoms with Gasteiger partial charge in [0.25, 0.3) is 0 Å². The quantitative estimate of drug-likeness (QED) is 0.411. The first kappa shape index (κ1) is 32.5. The van der Waals surface area contributed by atoms with Crippen molar-refractivity contribution in [1.82, 2.24) is 10.3 Å². The smallest absolute Gasteiger partial charge is 0.426 e. The van der Waals surface area contributed by atoms with Crippen molar-refractivity contribution in [2.75, 3.05) is 0 Å². The fourth-order valence-corrected chi connectivity index (χ4v) is 3.10. The predicted octanol–water partition coefficient (Wildman–Crippen LogP) is 4.87. The average Bonchev–Trinajstić information content (AvgIpc) is 2.87. The molecule has 0 aliphatic carbocycles. The minimum absolute atomic E-state index is 0.274. The van der Waals surface area contributed by atoms with E-state index in [9.17, 15) is 4.79 Å². The van der Waals surface area contributed by atoms with Crippen LogP contribution in [0.15, 0.2) is 79.0 Å². The Morgan fingerprint density at radius 1 is 1.03 bits per heavy atom. The second-order valence-corrected chi connectivity index (χ2v) is 7.81. The second-order valence-electron chi connectivity index (χ2n) is 7.81. The number of benzene rings is 2. The summed E-state index contributed by atoms with van der Waals surface area (Å²) in [6, 6.07) is 25.6. The van der Waals surface area contributed by atoms with Crippen LogP contribution < -0.4 is 5.32 Å². The molecule has 0 saturated carbocycles. The number of rotatable bonds is 7. The molecule has 3 N–H and O–H groups in total. The molecule has 0 bridgehead atoms. The van der Waals surface area contributed by atoms with E-state index in [4.69, 9.17) is 15.3 Å². The van der Waals surface area contributed by atoms with Gasteiger partial charge in [0, 0.05) is 13.1 Å². The largest absolute Gasteiger partial charge is 0.475 e. The summed E-state index contributed by atoms with van der Waals surface area (Å²) in [5.74, 6) is -0.936. The third-order valence-corrected chi connectivity index (χ3v) is 4.65. The normalized spacial score (nSPS) is 9.94. The number of hydrogen-bond donors (Lipinski definition) is 3. The zero-order chi connectivity index (χ0) is 27.2. The van der Waals surface area contributed by atoms with E-state index in [0.29, 0.717) is 12.8 Å². The molecule has 0 aliphatic rings. The van der Waals surface area contributed by atoms with E-state index in [2.05, 4.69) is 48.4 Å². The zero-order valence-electron chi connectivity index (χ0n) is 22.2. The number of aryl methyl sites for hydroxylation is 2. The maximum absolute atomic E-state index is 10.8. The summed E-state index contributed by atoms with van der Waals surface area (Å²) in [4.78, 5) is 14.8. The summed E-state index contributed by atoms with van der Waals surface area (Å²) in [5.41, 5.74) is 4.61. The lowest BCUT2D eigenvalue weighted by Crippen LogP contribution is -2.47. The van der Waals surface area contributed by atoms with Crippen LogP contribution in [0.1, 0.15) is 56.5 Å². The molecule has 0 spiro atoms. The zero-order valence-corrected chi connectivity index (χ0v) is 22.2. The van der Waals surface area contributed by atoms with Gasteiger partial charge in [-0.05, 0) is 43.0 Å². The van der Waals surface area contributed by atoms with E-state index < -0.39 is 13.1 Å². The minimum Gasteiger partial charge on any atom is -0.426 e. The molecule has 3 aromatic rings. The highest BCUT2D eigenvalue weighted by atomic mass is 16.4. The van der Waals surface area contributed by atoms with Gasteiger partial charge in [0.2, 0.25) is 5.91 Å². The Bertz CT molecular complexity index is 993. The average molecular weight is 489 g/mol. The molecule has 0 saturated heterocycles. The predicted molar refractivity (Wildman–Crippen MR) is 148 cm³/mol. The highest BCUT2D eigenvalue weighted by molar-refractivity contribution is 6.43. The Labute approximate surface area is 217 Å². The fourth-order valence-electron chi connectivity index (χ4n) is 3.10. The Kier molecular flexibility index (Phi) is 18.9. The first-order chi connectivity index (χ1) is 17.3. The molecule has 7 heteroatoms. The summed E-state index contributed by atoms with van der Waals surface area (Å²) < 4.78 is 0. The maximum Gasteiger partial charge on any atom is 0.475 e. The van der Waals surface area contributed by atoms with Gasteiger partial charge in [-0.2, -0.15) is 5.26 Å². The van der Waals surface area contributed by atoms with Crippen molar-refractivity contribution in [3.8, 4) is 6.07 Å².